The summed E-state index contributed by atoms with van der Waals surface area (Å²) in [5.41, 5.74) is 0.202. The van der Waals surface area contributed by atoms with Crippen LogP contribution >= 0.6 is 23.4 Å². The van der Waals surface area contributed by atoms with Gasteiger partial charge in [0.2, 0.25) is 5.91 Å². The number of carbonyl (C=O) groups is 3. The zero-order chi connectivity index (χ0) is 20.2. The largest absolute Gasteiger partial charge is 0.464 e. The number of β-lactam (4-membered cyclic amide) rings is 1. The third-order valence-electron chi connectivity index (χ3n) is 5.27. The van der Waals surface area contributed by atoms with Crippen LogP contribution in [-0.2, 0) is 19.1 Å². The molecule has 1 aromatic carbocycles. The normalized spacial score (nSPS) is 28.9. The number of ether oxygens (including phenoxy) is 1. The van der Waals surface area contributed by atoms with E-state index >= 15 is 0 Å². The summed E-state index contributed by atoms with van der Waals surface area (Å²) in [5.74, 6) is -0.744. The van der Waals surface area contributed by atoms with Gasteiger partial charge < -0.3 is 9.64 Å². The van der Waals surface area contributed by atoms with Crippen LogP contribution in [0.25, 0.3) is 0 Å². The highest BCUT2D eigenvalue weighted by molar-refractivity contribution is 8.00. The molecule has 2 saturated heterocycles. The Morgan fingerprint density at radius 2 is 1.93 bits per heavy atom. The highest BCUT2D eigenvalue weighted by Gasteiger charge is 2.62. The van der Waals surface area contributed by atoms with Gasteiger partial charge in [-0.25, -0.2) is 4.79 Å². The Kier molecular flexibility index (Phi) is 4.68. The molecule has 2 fully saturated rings. The van der Waals surface area contributed by atoms with Gasteiger partial charge in [-0.1, -0.05) is 41.9 Å². The molecule has 0 unspecified atom stereocenters. The molecule has 0 bridgehead atoms. The SMILES string of the molecule is COC(=O)C1=C(Cl)CS[C@@H]2[C@H](N3C(=O)[C@H](c4ccccc4)NC3(C)C)C(=O)N12. The maximum absolute atomic E-state index is 13.3. The van der Waals surface area contributed by atoms with Crippen molar-refractivity contribution in [2.24, 2.45) is 0 Å². The van der Waals surface area contributed by atoms with Gasteiger partial charge in [0.15, 0.2) is 0 Å². The van der Waals surface area contributed by atoms with Gasteiger partial charge in [-0.15, -0.1) is 11.8 Å². The number of halogens is 1. The minimum absolute atomic E-state index is 0.0752. The number of hydrogen-bond acceptors (Lipinski definition) is 6. The van der Waals surface area contributed by atoms with E-state index in [4.69, 9.17) is 16.3 Å². The van der Waals surface area contributed by atoms with Crippen LogP contribution in [0.15, 0.2) is 41.1 Å². The molecule has 1 aromatic rings. The van der Waals surface area contributed by atoms with Gasteiger partial charge in [0, 0.05) is 5.75 Å². The molecular formula is C19H20ClN3O4S. The number of nitrogens with one attached hydrogen (secondary N) is 1. The van der Waals surface area contributed by atoms with Gasteiger partial charge >= 0.3 is 5.97 Å². The number of amides is 2. The third-order valence-corrected chi connectivity index (χ3v) is 7.00. The molecule has 7 nitrogen and oxygen atoms in total. The number of methoxy groups -OCH3 is 1. The number of thioether (sulfide) groups is 1. The van der Waals surface area contributed by atoms with Crippen LogP contribution in [0.4, 0.5) is 0 Å². The predicted molar refractivity (Wildman–Crippen MR) is 105 cm³/mol. The Bertz CT molecular complexity index is 888. The summed E-state index contributed by atoms with van der Waals surface area (Å²) in [4.78, 5) is 41.4. The topological polar surface area (TPSA) is 79.0 Å². The van der Waals surface area contributed by atoms with Crippen LogP contribution in [0.5, 0.6) is 0 Å². The molecule has 0 spiro atoms. The summed E-state index contributed by atoms with van der Waals surface area (Å²) in [6.45, 7) is 3.75. The van der Waals surface area contributed by atoms with Crippen molar-refractivity contribution < 1.29 is 19.1 Å². The first-order valence-corrected chi connectivity index (χ1v) is 10.3. The Labute approximate surface area is 172 Å². The Morgan fingerprint density at radius 3 is 2.57 bits per heavy atom. The third kappa shape index (κ3) is 2.74. The van der Waals surface area contributed by atoms with Crippen molar-refractivity contribution in [3.8, 4) is 0 Å². The summed E-state index contributed by atoms with van der Waals surface area (Å²) in [6.07, 6.45) is 0. The number of hydrogen-bond donors (Lipinski definition) is 1. The highest BCUT2D eigenvalue weighted by atomic mass is 35.5. The molecule has 3 aliphatic rings. The number of esters is 1. The summed E-state index contributed by atoms with van der Waals surface area (Å²) < 4.78 is 4.78. The monoisotopic (exact) mass is 421 g/mol. The lowest BCUT2D eigenvalue weighted by molar-refractivity contribution is -0.162. The summed E-state index contributed by atoms with van der Waals surface area (Å²) in [5, 5.41) is 3.24. The fourth-order valence-electron chi connectivity index (χ4n) is 4.01. The van der Waals surface area contributed by atoms with Crippen LogP contribution in [0.1, 0.15) is 25.5 Å². The van der Waals surface area contributed by atoms with Gasteiger partial charge in [0.05, 0.1) is 17.8 Å². The maximum Gasteiger partial charge on any atom is 0.356 e. The molecule has 3 heterocycles. The minimum Gasteiger partial charge on any atom is -0.464 e. The molecule has 148 valence electrons. The van der Waals surface area contributed by atoms with Crippen LogP contribution in [0.3, 0.4) is 0 Å². The first-order valence-electron chi connectivity index (χ1n) is 8.85. The molecule has 2 amide bonds. The van der Waals surface area contributed by atoms with E-state index in [1.807, 2.05) is 44.2 Å². The smallest absolute Gasteiger partial charge is 0.356 e. The lowest BCUT2D eigenvalue weighted by Gasteiger charge is -2.54. The molecule has 0 aromatic heterocycles. The fourth-order valence-corrected chi connectivity index (χ4v) is 5.60. The molecule has 0 aliphatic carbocycles. The Morgan fingerprint density at radius 1 is 1.25 bits per heavy atom. The van der Waals surface area contributed by atoms with E-state index < -0.39 is 23.7 Å². The number of nitrogens with zero attached hydrogens (tertiary/aromatic N) is 2. The number of fused-ring (bicyclic) bond motifs is 1. The van der Waals surface area contributed by atoms with Crippen molar-refractivity contribution in [2.75, 3.05) is 12.9 Å². The first kappa shape index (κ1) is 19.3. The highest BCUT2D eigenvalue weighted by Crippen LogP contribution is 2.46. The first-order chi connectivity index (χ1) is 13.3. The molecular weight excluding hydrogens is 402 g/mol. The van der Waals surface area contributed by atoms with E-state index in [9.17, 15) is 14.4 Å². The molecule has 1 N–H and O–H groups in total. The number of carbonyl (C=O) groups excluding carboxylic acids is 3. The van der Waals surface area contributed by atoms with Crippen molar-refractivity contribution in [3.05, 3.63) is 46.6 Å². The van der Waals surface area contributed by atoms with E-state index in [1.165, 1.54) is 23.8 Å². The second-order valence-corrected chi connectivity index (χ2v) is 8.92. The molecule has 0 radical (unpaired) electrons. The lowest BCUT2D eigenvalue weighted by Crippen LogP contribution is -2.73. The summed E-state index contributed by atoms with van der Waals surface area (Å²) in [6, 6.07) is 8.23. The summed E-state index contributed by atoms with van der Waals surface area (Å²) >= 11 is 7.62. The standard InChI is InChI=1S/C19H20ClN3O4S/c1-19(2)21-12(10-7-5-4-6-8-10)15(24)23(19)14-16(25)22-13(18(26)27-3)11(20)9-28-17(14)22/h4-8,12,14,17,21H,9H2,1-3H3/t12-,14+,17+/m0/s1. The van der Waals surface area contributed by atoms with E-state index in [0.717, 1.165) is 5.56 Å². The number of rotatable bonds is 3. The van der Waals surface area contributed by atoms with Gasteiger partial charge in [-0.2, -0.15) is 0 Å². The van der Waals surface area contributed by atoms with Gasteiger partial charge in [0.1, 0.15) is 23.2 Å². The molecule has 28 heavy (non-hydrogen) atoms. The molecule has 3 atom stereocenters. The lowest BCUT2D eigenvalue weighted by atomic mass is 10.00. The van der Waals surface area contributed by atoms with Crippen LogP contribution in [0.2, 0.25) is 0 Å². The Balaban J connectivity index is 1.64. The fraction of sp³-hybridized carbons (Fsp3) is 0.421. The van der Waals surface area contributed by atoms with E-state index in [1.54, 1.807) is 4.90 Å². The average Bonchev–Trinajstić information content (AvgIpc) is 2.92. The van der Waals surface area contributed by atoms with Gasteiger partial charge in [-0.3, -0.25) is 19.8 Å². The van der Waals surface area contributed by atoms with Crippen LogP contribution in [-0.4, -0.2) is 57.5 Å². The van der Waals surface area contributed by atoms with Crippen molar-refractivity contribution in [1.82, 2.24) is 15.1 Å². The second kappa shape index (κ2) is 6.79. The second-order valence-electron chi connectivity index (χ2n) is 7.36. The molecule has 4 rings (SSSR count). The van der Waals surface area contributed by atoms with Crippen LogP contribution in [0, 0.1) is 0 Å². The quantitative estimate of drug-likeness (QED) is 0.592. The molecule has 3 aliphatic heterocycles. The Hall–Kier alpha value is -2.03. The zero-order valence-corrected chi connectivity index (χ0v) is 17.2. The maximum atomic E-state index is 13.3. The van der Waals surface area contributed by atoms with Crippen molar-refractivity contribution >= 4 is 41.1 Å². The van der Waals surface area contributed by atoms with Gasteiger partial charge in [0.25, 0.3) is 5.91 Å². The molecule has 9 heteroatoms. The average molecular weight is 422 g/mol. The predicted octanol–water partition coefficient (Wildman–Crippen LogP) is 1.80. The summed E-state index contributed by atoms with van der Waals surface area (Å²) in [7, 11) is 1.25. The number of benzene rings is 1. The van der Waals surface area contributed by atoms with Crippen molar-refractivity contribution in [1.29, 1.82) is 0 Å². The van der Waals surface area contributed by atoms with Crippen molar-refractivity contribution in [2.45, 2.75) is 37.0 Å². The zero-order valence-electron chi connectivity index (χ0n) is 15.6. The van der Waals surface area contributed by atoms with Crippen molar-refractivity contribution in [3.63, 3.8) is 0 Å². The van der Waals surface area contributed by atoms with E-state index in [-0.39, 0.29) is 27.9 Å². The van der Waals surface area contributed by atoms with E-state index in [2.05, 4.69) is 5.32 Å². The van der Waals surface area contributed by atoms with E-state index in [0.29, 0.717) is 5.75 Å². The minimum atomic E-state index is -0.721. The van der Waals surface area contributed by atoms with Crippen LogP contribution < -0.4 is 5.32 Å². The molecule has 0 saturated carbocycles. The van der Waals surface area contributed by atoms with Gasteiger partial charge in [-0.05, 0) is 19.4 Å².